The summed E-state index contributed by atoms with van der Waals surface area (Å²) in [6.45, 7) is 4.71. The lowest BCUT2D eigenvalue weighted by molar-refractivity contribution is 0.386. The Morgan fingerprint density at radius 1 is 1.19 bits per heavy atom. The van der Waals surface area contributed by atoms with Gasteiger partial charge in [0.25, 0.3) is 10.2 Å². The monoisotopic (exact) mass is 268 g/mol. The van der Waals surface area contributed by atoms with Crippen molar-refractivity contribution in [2.24, 2.45) is 0 Å². The zero-order valence-corrected chi connectivity index (χ0v) is 11.5. The van der Waals surface area contributed by atoms with Crippen LogP contribution in [0.4, 0.5) is 0 Å². The van der Waals surface area contributed by atoms with Crippen molar-refractivity contribution in [1.82, 2.24) is 9.03 Å². The minimum Gasteiger partial charge on any atom is -0.199 e. The topological polar surface area (TPSA) is 49.4 Å². The molecule has 0 spiro atoms. The fourth-order valence-electron chi connectivity index (χ4n) is 2.02. The fraction of sp³-hybridized carbons (Fsp3) is 1.00. The summed E-state index contributed by atoms with van der Waals surface area (Å²) in [6, 6.07) is 0.0561. The van der Waals surface area contributed by atoms with E-state index in [0.29, 0.717) is 13.1 Å². The minimum atomic E-state index is -3.30. The van der Waals surface area contributed by atoms with Gasteiger partial charge in [-0.2, -0.15) is 17.4 Å². The summed E-state index contributed by atoms with van der Waals surface area (Å²) in [5.74, 6) is 0. The molecule has 0 aromatic heterocycles. The summed E-state index contributed by atoms with van der Waals surface area (Å²) in [5.41, 5.74) is 0. The van der Waals surface area contributed by atoms with Gasteiger partial charge in [-0.05, 0) is 25.7 Å². The number of nitrogens with one attached hydrogen (secondary N) is 1. The quantitative estimate of drug-likeness (QED) is 0.772. The van der Waals surface area contributed by atoms with E-state index in [9.17, 15) is 8.42 Å². The Bertz CT molecular complexity index is 296. The van der Waals surface area contributed by atoms with Gasteiger partial charge in [-0.3, -0.25) is 0 Å². The van der Waals surface area contributed by atoms with Gasteiger partial charge in [-0.25, -0.2) is 0 Å². The Morgan fingerprint density at radius 2 is 1.69 bits per heavy atom. The van der Waals surface area contributed by atoms with Crippen LogP contribution >= 0.6 is 11.6 Å². The van der Waals surface area contributed by atoms with Crippen molar-refractivity contribution in [1.29, 1.82) is 0 Å². The second-order valence-electron chi connectivity index (χ2n) is 4.16. The highest BCUT2D eigenvalue weighted by molar-refractivity contribution is 7.87. The van der Waals surface area contributed by atoms with Gasteiger partial charge in [0.2, 0.25) is 0 Å². The van der Waals surface area contributed by atoms with Gasteiger partial charge in [-0.15, -0.1) is 11.6 Å². The molecule has 1 aliphatic carbocycles. The normalized spacial score (nSPS) is 27.2. The molecule has 0 unspecified atom stereocenters. The van der Waals surface area contributed by atoms with Crippen LogP contribution in [0.5, 0.6) is 0 Å². The van der Waals surface area contributed by atoms with E-state index < -0.39 is 10.2 Å². The van der Waals surface area contributed by atoms with E-state index in [0.717, 1.165) is 25.7 Å². The average Bonchev–Trinajstić information content (AvgIpc) is 2.22. The molecule has 1 aliphatic rings. The van der Waals surface area contributed by atoms with Crippen molar-refractivity contribution >= 4 is 21.8 Å². The molecule has 1 rings (SSSR count). The summed E-state index contributed by atoms with van der Waals surface area (Å²) < 4.78 is 28.1. The van der Waals surface area contributed by atoms with Crippen LogP contribution in [0, 0.1) is 0 Å². The summed E-state index contributed by atoms with van der Waals surface area (Å²) in [4.78, 5) is 0. The Balaban J connectivity index is 2.52. The number of rotatable bonds is 5. The summed E-state index contributed by atoms with van der Waals surface area (Å²) in [5, 5.41) is 0.217. The molecule has 0 aromatic carbocycles. The Labute approximate surface area is 104 Å². The molecule has 0 atom stereocenters. The third-order valence-electron chi connectivity index (χ3n) is 3.02. The van der Waals surface area contributed by atoms with Crippen molar-refractivity contribution in [3.05, 3.63) is 0 Å². The molecule has 0 bridgehead atoms. The first-order valence-corrected chi connectivity index (χ1v) is 7.78. The number of nitrogens with zero attached hydrogens (tertiary/aromatic N) is 1. The fourth-order valence-corrected chi connectivity index (χ4v) is 3.76. The van der Waals surface area contributed by atoms with Gasteiger partial charge in [0, 0.05) is 24.5 Å². The third kappa shape index (κ3) is 3.87. The molecule has 0 aliphatic heterocycles. The Hall–Kier alpha value is 0.160. The first-order chi connectivity index (χ1) is 7.49. The molecule has 1 N–H and O–H groups in total. The van der Waals surface area contributed by atoms with E-state index in [1.807, 2.05) is 13.8 Å². The van der Waals surface area contributed by atoms with E-state index in [1.165, 1.54) is 4.31 Å². The molecule has 0 aromatic rings. The Kier molecular flexibility index (Phi) is 5.50. The second kappa shape index (κ2) is 6.19. The first kappa shape index (κ1) is 14.2. The van der Waals surface area contributed by atoms with Crippen LogP contribution in [0.2, 0.25) is 0 Å². The van der Waals surface area contributed by atoms with Gasteiger partial charge in [0.05, 0.1) is 0 Å². The van der Waals surface area contributed by atoms with Gasteiger partial charge < -0.3 is 0 Å². The maximum Gasteiger partial charge on any atom is 0.279 e. The van der Waals surface area contributed by atoms with Crippen molar-refractivity contribution in [3.63, 3.8) is 0 Å². The highest BCUT2D eigenvalue weighted by Gasteiger charge is 2.26. The lowest BCUT2D eigenvalue weighted by Gasteiger charge is -2.28. The van der Waals surface area contributed by atoms with E-state index >= 15 is 0 Å². The van der Waals surface area contributed by atoms with Crippen LogP contribution in [0.15, 0.2) is 0 Å². The largest absolute Gasteiger partial charge is 0.279 e. The van der Waals surface area contributed by atoms with Crippen molar-refractivity contribution in [2.75, 3.05) is 13.1 Å². The van der Waals surface area contributed by atoms with Crippen LogP contribution < -0.4 is 4.72 Å². The predicted molar refractivity (Wildman–Crippen MR) is 66.9 cm³/mol. The number of hydrogen-bond donors (Lipinski definition) is 1. The summed E-state index contributed by atoms with van der Waals surface area (Å²) in [7, 11) is -3.30. The van der Waals surface area contributed by atoms with E-state index in [4.69, 9.17) is 11.6 Å². The predicted octanol–water partition coefficient (Wildman–Crippen LogP) is 1.71. The summed E-state index contributed by atoms with van der Waals surface area (Å²) >= 11 is 5.98. The SMILES string of the molecule is CCN(CC)S(=O)(=O)NC1CCC(Cl)CC1. The van der Waals surface area contributed by atoms with Gasteiger partial charge in [-0.1, -0.05) is 13.8 Å². The number of alkyl halides is 1. The molecule has 0 heterocycles. The van der Waals surface area contributed by atoms with Gasteiger partial charge >= 0.3 is 0 Å². The molecule has 1 saturated carbocycles. The maximum absolute atomic E-state index is 11.9. The molecule has 1 fully saturated rings. The molecular weight excluding hydrogens is 248 g/mol. The van der Waals surface area contributed by atoms with Crippen LogP contribution in [-0.2, 0) is 10.2 Å². The van der Waals surface area contributed by atoms with Crippen molar-refractivity contribution in [2.45, 2.75) is 50.9 Å². The highest BCUT2D eigenvalue weighted by atomic mass is 35.5. The van der Waals surface area contributed by atoms with E-state index in [-0.39, 0.29) is 11.4 Å². The molecule has 16 heavy (non-hydrogen) atoms. The lowest BCUT2D eigenvalue weighted by atomic mass is 9.96. The minimum absolute atomic E-state index is 0.0561. The van der Waals surface area contributed by atoms with Gasteiger partial charge in [0.1, 0.15) is 0 Å². The third-order valence-corrected chi connectivity index (χ3v) is 5.28. The lowest BCUT2D eigenvalue weighted by Crippen LogP contribution is -2.46. The number of hydrogen-bond acceptors (Lipinski definition) is 2. The number of halogens is 1. The molecule has 0 amide bonds. The van der Waals surface area contributed by atoms with Crippen molar-refractivity contribution < 1.29 is 8.42 Å². The smallest absolute Gasteiger partial charge is 0.199 e. The zero-order chi connectivity index (χ0) is 12.2. The molecule has 6 heteroatoms. The average molecular weight is 269 g/mol. The highest BCUT2D eigenvalue weighted by Crippen LogP contribution is 2.23. The second-order valence-corrected chi connectivity index (χ2v) is 6.48. The zero-order valence-electron chi connectivity index (χ0n) is 9.95. The van der Waals surface area contributed by atoms with E-state index in [1.54, 1.807) is 0 Å². The molecule has 0 radical (unpaired) electrons. The molecule has 96 valence electrons. The standard InChI is InChI=1S/C10H21ClN2O2S/c1-3-13(4-2)16(14,15)12-10-7-5-9(11)6-8-10/h9-10,12H,3-8H2,1-2H3. The maximum atomic E-state index is 11.9. The van der Waals surface area contributed by atoms with Crippen LogP contribution in [-0.4, -0.2) is 37.2 Å². The van der Waals surface area contributed by atoms with E-state index in [2.05, 4.69) is 4.72 Å². The summed E-state index contributed by atoms with van der Waals surface area (Å²) in [6.07, 6.45) is 3.48. The first-order valence-electron chi connectivity index (χ1n) is 5.91. The van der Waals surface area contributed by atoms with Crippen LogP contribution in [0.1, 0.15) is 39.5 Å². The Morgan fingerprint density at radius 3 is 2.12 bits per heavy atom. The molecule has 0 saturated heterocycles. The van der Waals surface area contributed by atoms with Crippen LogP contribution in [0.25, 0.3) is 0 Å². The van der Waals surface area contributed by atoms with Gasteiger partial charge in [0.15, 0.2) is 0 Å². The molecular formula is C10H21ClN2O2S. The van der Waals surface area contributed by atoms with Crippen LogP contribution in [0.3, 0.4) is 0 Å². The van der Waals surface area contributed by atoms with Crippen molar-refractivity contribution in [3.8, 4) is 0 Å². The molecule has 4 nitrogen and oxygen atoms in total.